The van der Waals surface area contributed by atoms with Crippen LogP contribution in [0.1, 0.15) is 47.5 Å². The molecule has 1 rings (SSSR count). The van der Waals surface area contributed by atoms with Crippen LogP contribution in [0.4, 0.5) is 0 Å². The van der Waals surface area contributed by atoms with Crippen LogP contribution >= 0.6 is 0 Å². The summed E-state index contributed by atoms with van der Waals surface area (Å²) in [7, 11) is 2.22. The molecule has 1 heterocycles. The van der Waals surface area contributed by atoms with Gasteiger partial charge in [-0.2, -0.15) is 0 Å². The number of ether oxygens (including phenoxy) is 1. The van der Waals surface area contributed by atoms with E-state index in [-0.39, 0.29) is 11.1 Å². The summed E-state index contributed by atoms with van der Waals surface area (Å²) >= 11 is 0. The first kappa shape index (κ1) is 12.0. The Bertz CT molecular complexity index is 180. The average Bonchev–Trinajstić information content (AvgIpc) is 1.99. The highest BCUT2D eigenvalue weighted by Gasteiger charge is 2.43. The summed E-state index contributed by atoms with van der Waals surface area (Å²) in [5.41, 5.74) is 0.503. The smallest absolute Gasteiger partial charge is 0.0609 e. The van der Waals surface area contributed by atoms with E-state index in [0.29, 0.717) is 6.10 Å². The lowest BCUT2D eigenvalue weighted by Gasteiger charge is -2.53. The molecule has 0 aromatic carbocycles. The zero-order valence-corrected chi connectivity index (χ0v) is 10.6. The highest BCUT2D eigenvalue weighted by atomic mass is 16.5. The standard InChI is InChI=1S/C12H25NO/c1-7-14-10-8-11(2,3)13(6)12(4,5)9-10/h10H,7-9H2,1-6H3. The minimum atomic E-state index is 0.252. The van der Waals surface area contributed by atoms with Gasteiger partial charge in [-0.25, -0.2) is 0 Å². The average molecular weight is 199 g/mol. The van der Waals surface area contributed by atoms with E-state index >= 15 is 0 Å². The first-order valence-electron chi connectivity index (χ1n) is 5.65. The third kappa shape index (κ3) is 2.29. The van der Waals surface area contributed by atoms with Gasteiger partial charge in [0.25, 0.3) is 0 Å². The van der Waals surface area contributed by atoms with E-state index in [1.807, 2.05) is 0 Å². The molecule has 0 N–H and O–H groups in total. The van der Waals surface area contributed by atoms with Crippen molar-refractivity contribution >= 4 is 0 Å². The Morgan fingerprint density at radius 3 is 1.93 bits per heavy atom. The lowest BCUT2D eigenvalue weighted by molar-refractivity contribution is -0.0887. The first-order valence-corrected chi connectivity index (χ1v) is 5.65. The molecular weight excluding hydrogens is 174 g/mol. The highest BCUT2D eigenvalue weighted by molar-refractivity contribution is 4.98. The number of likely N-dealkylation sites (tertiary alicyclic amines) is 1. The van der Waals surface area contributed by atoms with Crippen LogP contribution in [0.15, 0.2) is 0 Å². The SMILES string of the molecule is CCOC1CC(C)(C)N(C)C(C)(C)C1. The Labute approximate surface area is 88.6 Å². The molecule has 1 fully saturated rings. The number of hydrogen-bond acceptors (Lipinski definition) is 2. The van der Waals surface area contributed by atoms with Gasteiger partial charge in [-0.3, -0.25) is 4.90 Å². The summed E-state index contributed by atoms with van der Waals surface area (Å²) in [6, 6.07) is 0. The van der Waals surface area contributed by atoms with Crippen LogP contribution in [0.2, 0.25) is 0 Å². The Hall–Kier alpha value is -0.0800. The second kappa shape index (κ2) is 3.82. The summed E-state index contributed by atoms with van der Waals surface area (Å²) in [5.74, 6) is 0. The molecule has 1 aliphatic rings. The molecule has 0 unspecified atom stereocenters. The van der Waals surface area contributed by atoms with E-state index < -0.39 is 0 Å². The quantitative estimate of drug-likeness (QED) is 0.678. The fourth-order valence-electron chi connectivity index (χ4n) is 2.63. The zero-order chi connectivity index (χ0) is 11.0. The van der Waals surface area contributed by atoms with Gasteiger partial charge in [0.2, 0.25) is 0 Å². The predicted molar refractivity (Wildman–Crippen MR) is 60.6 cm³/mol. The maximum Gasteiger partial charge on any atom is 0.0609 e. The molecule has 0 saturated carbocycles. The zero-order valence-electron chi connectivity index (χ0n) is 10.6. The fraction of sp³-hybridized carbons (Fsp3) is 1.00. The van der Waals surface area contributed by atoms with Crippen LogP contribution in [0, 0.1) is 0 Å². The first-order chi connectivity index (χ1) is 6.29. The van der Waals surface area contributed by atoms with E-state index in [1.165, 1.54) is 0 Å². The summed E-state index contributed by atoms with van der Waals surface area (Å²) < 4.78 is 5.78. The van der Waals surface area contributed by atoms with Crippen molar-refractivity contribution < 1.29 is 4.74 Å². The predicted octanol–water partition coefficient (Wildman–Crippen LogP) is 2.67. The van der Waals surface area contributed by atoms with Crippen LogP contribution in [0.5, 0.6) is 0 Å². The van der Waals surface area contributed by atoms with Gasteiger partial charge in [0, 0.05) is 17.7 Å². The van der Waals surface area contributed by atoms with Gasteiger partial charge in [0.15, 0.2) is 0 Å². The van der Waals surface area contributed by atoms with E-state index in [4.69, 9.17) is 4.74 Å². The van der Waals surface area contributed by atoms with Gasteiger partial charge >= 0.3 is 0 Å². The molecule has 2 nitrogen and oxygen atoms in total. The Kier molecular flexibility index (Phi) is 3.27. The molecule has 0 bridgehead atoms. The Balaban J connectivity index is 2.75. The fourth-order valence-corrected chi connectivity index (χ4v) is 2.63. The van der Waals surface area contributed by atoms with Crippen LogP contribution in [0.25, 0.3) is 0 Å². The van der Waals surface area contributed by atoms with Gasteiger partial charge in [-0.15, -0.1) is 0 Å². The van der Waals surface area contributed by atoms with Crippen LogP contribution in [-0.4, -0.2) is 35.7 Å². The van der Waals surface area contributed by atoms with Gasteiger partial charge in [0.05, 0.1) is 6.10 Å². The molecular formula is C12H25NO. The lowest BCUT2D eigenvalue weighted by atomic mass is 9.79. The largest absolute Gasteiger partial charge is 0.378 e. The highest BCUT2D eigenvalue weighted by Crippen LogP contribution is 2.37. The Morgan fingerprint density at radius 2 is 1.57 bits per heavy atom. The topological polar surface area (TPSA) is 12.5 Å². The molecule has 84 valence electrons. The normalized spacial score (nSPS) is 27.9. The third-order valence-electron chi connectivity index (χ3n) is 3.67. The molecule has 1 aliphatic heterocycles. The van der Waals surface area contributed by atoms with Crippen molar-refractivity contribution in [1.29, 1.82) is 0 Å². The van der Waals surface area contributed by atoms with E-state index in [0.717, 1.165) is 19.4 Å². The molecule has 0 amide bonds. The van der Waals surface area contributed by atoms with Crippen molar-refractivity contribution in [3.63, 3.8) is 0 Å². The van der Waals surface area contributed by atoms with Gasteiger partial charge in [0.1, 0.15) is 0 Å². The van der Waals surface area contributed by atoms with E-state index in [1.54, 1.807) is 0 Å². The number of piperidine rings is 1. The van der Waals surface area contributed by atoms with Gasteiger partial charge in [-0.1, -0.05) is 0 Å². The summed E-state index contributed by atoms with van der Waals surface area (Å²) in [6.45, 7) is 12.1. The minimum absolute atomic E-state index is 0.252. The maximum atomic E-state index is 5.78. The maximum absolute atomic E-state index is 5.78. The second-order valence-electron chi connectivity index (χ2n) is 5.67. The summed E-state index contributed by atoms with van der Waals surface area (Å²) in [5, 5.41) is 0. The number of rotatable bonds is 2. The van der Waals surface area contributed by atoms with Gasteiger partial charge in [-0.05, 0) is 54.5 Å². The molecule has 1 saturated heterocycles. The summed E-state index contributed by atoms with van der Waals surface area (Å²) in [6.07, 6.45) is 2.71. The molecule has 0 radical (unpaired) electrons. The van der Waals surface area contributed by atoms with Crippen molar-refractivity contribution in [3.8, 4) is 0 Å². The molecule has 2 heteroatoms. The van der Waals surface area contributed by atoms with E-state index in [9.17, 15) is 0 Å². The number of nitrogens with zero attached hydrogens (tertiary/aromatic N) is 1. The lowest BCUT2D eigenvalue weighted by Crippen LogP contribution is -2.60. The molecule has 0 aromatic heterocycles. The van der Waals surface area contributed by atoms with Crippen molar-refractivity contribution in [2.24, 2.45) is 0 Å². The van der Waals surface area contributed by atoms with Crippen LogP contribution in [0.3, 0.4) is 0 Å². The minimum Gasteiger partial charge on any atom is -0.378 e. The third-order valence-corrected chi connectivity index (χ3v) is 3.67. The molecule has 0 aliphatic carbocycles. The number of hydrogen-bond donors (Lipinski definition) is 0. The molecule has 0 atom stereocenters. The van der Waals surface area contributed by atoms with Crippen molar-refractivity contribution in [2.45, 2.75) is 64.6 Å². The molecule has 0 spiro atoms. The van der Waals surface area contributed by atoms with Crippen molar-refractivity contribution in [1.82, 2.24) is 4.90 Å². The van der Waals surface area contributed by atoms with Crippen LogP contribution < -0.4 is 0 Å². The van der Waals surface area contributed by atoms with E-state index in [2.05, 4.69) is 46.6 Å². The van der Waals surface area contributed by atoms with Gasteiger partial charge < -0.3 is 4.74 Å². The molecule has 0 aromatic rings. The monoisotopic (exact) mass is 199 g/mol. The summed E-state index contributed by atoms with van der Waals surface area (Å²) in [4.78, 5) is 2.48. The Morgan fingerprint density at radius 1 is 1.14 bits per heavy atom. The van der Waals surface area contributed by atoms with Crippen LogP contribution in [-0.2, 0) is 4.74 Å². The van der Waals surface area contributed by atoms with Crippen molar-refractivity contribution in [3.05, 3.63) is 0 Å². The second-order valence-corrected chi connectivity index (χ2v) is 5.67. The molecule has 14 heavy (non-hydrogen) atoms. The van der Waals surface area contributed by atoms with Crippen molar-refractivity contribution in [2.75, 3.05) is 13.7 Å².